The zero-order chi connectivity index (χ0) is 18.7. The molecule has 1 aliphatic rings. The lowest BCUT2D eigenvalue weighted by atomic mass is 10.1. The lowest BCUT2D eigenvalue weighted by molar-refractivity contribution is 0.0963. The van der Waals surface area contributed by atoms with Crippen molar-refractivity contribution >= 4 is 21.6 Å². The summed E-state index contributed by atoms with van der Waals surface area (Å²) in [5.41, 5.74) is 1.50. The molecular weight excluding hydrogens is 357 g/mol. The van der Waals surface area contributed by atoms with Gasteiger partial charge in [-0.2, -0.15) is 4.31 Å². The minimum atomic E-state index is -3.70. The van der Waals surface area contributed by atoms with E-state index in [4.69, 9.17) is 0 Å². The third-order valence-corrected chi connectivity index (χ3v) is 6.29. The van der Waals surface area contributed by atoms with Crippen molar-refractivity contribution in [3.8, 4) is 0 Å². The second kappa shape index (κ2) is 7.43. The van der Waals surface area contributed by atoms with Gasteiger partial charge in [-0.1, -0.05) is 6.07 Å². The minimum absolute atomic E-state index is 0.0270. The number of hydrogen-bond donors (Lipinski definition) is 1. The van der Waals surface area contributed by atoms with Crippen LogP contribution in [0.15, 0.2) is 53.4 Å². The molecule has 1 heterocycles. The van der Waals surface area contributed by atoms with Gasteiger partial charge in [-0.15, -0.1) is 0 Å². The Bertz CT molecular complexity index is 892. The lowest BCUT2D eigenvalue weighted by Gasteiger charge is -2.35. The number of nitrogens with one attached hydrogen (secondary N) is 1. The molecule has 138 valence electrons. The first-order chi connectivity index (χ1) is 12.4. The summed E-state index contributed by atoms with van der Waals surface area (Å²) in [7, 11) is -2.12. The Morgan fingerprint density at radius 2 is 1.69 bits per heavy atom. The first-order valence-electron chi connectivity index (χ1n) is 8.24. The van der Waals surface area contributed by atoms with Crippen molar-refractivity contribution in [3.05, 3.63) is 59.9 Å². The number of nitrogens with zero attached hydrogens (tertiary/aromatic N) is 2. The molecule has 0 radical (unpaired) electrons. The van der Waals surface area contributed by atoms with Gasteiger partial charge in [-0.25, -0.2) is 12.8 Å². The Kier molecular flexibility index (Phi) is 5.24. The van der Waals surface area contributed by atoms with Gasteiger partial charge in [0.15, 0.2) is 0 Å². The fourth-order valence-corrected chi connectivity index (χ4v) is 4.39. The van der Waals surface area contributed by atoms with Gasteiger partial charge in [-0.3, -0.25) is 4.79 Å². The van der Waals surface area contributed by atoms with E-state index in [1.807, 2.05) is 12.1 Å². The maximum Gasteiger partial charge on any atom is 0.251 e. The van der Waals surface area contributed by atoms with Crippen molar-refractivity contribution in [1.29, 1.82) is 0 Å². The molecule has 1 saturated heterocycles. The molecule has 26 heavy (non-hydrogen) atoms. The summed E-state index contributed by atoms with van der Waals surface area (Å²) in [5.74, 6) is -0.719. The van der Waals surface area contributed by atoms with Crippen LogP contribution in [0.1, 0.15) is 10.4 Å². The van der Waals surface area contributed by atoms with Crippen LogP contribution in [0.25, 0.3) is 0 Å². The number of piperazine rings is 1. The largest absolute Gasteiger partial charge is 0.369 e. The second-order valence-electron chi connectivity index (χ2n) is 5.97. The summed E-state index contributed by atoms with van der Waals surface area (Å²) >= 11 is 0. The molecule has 8 heteroatoms. The average molecular weight is 377 g/mol. The van der Waals surface area contributed by atoms with Crippen molar-refractivity contribution in [2.24, 2.45) is 0 Å². The average Bonchev–Trinajstić information content (AvgIpc) is 2.67. The summed E-state index contributed by atoms with van der Waals surface area (Å²) in [6.45, 7) is 1.67. The van der Waals surface area contributed by atoms with Crippen LogP contribution < -0.4 is 10.2 Å². The van der Waals surface area contributed by atoms with E-state index in [1.165, 1.54) is 22.5 Å². The van der Waals surface area contributed by atoms with Gasteiger partial charge >= 0.3 is 0 Å². The fraction of sp³-hybridized carbons (Fsp3) is 0.278. The van der Waals surface area contributed by atoms with Crippen molar-refractivity contribution in [3.63, 3.8) is 0 Å². The Balaban J connectivity index is 1.68. The summed E-state index contributed by atoms with van der Waals surface area (Å²) in [5, 5.41) is 2.57. The number of carbonyl (C=O) groups excluding carboxylic acids is 1. The molecular formula is C18H20FN3O3S. The molecule has 2 aromatic carbocycles. The van der Waals surface area contributed by atoms with Gasteiger partial charge < -0.3 is 10.2 Å². The molecule has 1 N–H and O–H groups in total. The van der Waals surface area contributed by atoms with Crippen molar-refractivity contribution < 1.29 is 17.6 Å². The molecule has 0 saturated carbocycles. The van der Waals surface area contributed by atoms with E-state index in [2.05, 4.69) is 10.2 Å². The van der Waals surface area contributed by atoms with Crippen LogP contribution in [0.3, 0.4) is 0 Å². The van der Waals surface area contributed by atoms with E-state index in [-0.39, 0.29) is 10.8 Å². The summed E-state index contributed by atoms with van der Waals surface area (Å²) in [6.07, 6.45) is 0. The van der Waals surface area contributed by atoms with E-state index in [9.17, 15) is 17.6 Å². The topological polar surface area (TPSA) is 69.7 Å². The molecule has 1 amide bonds. The summed E-state index contributed by atoms with van der Waals surface area (Å²) in [6, 6.07) is 12.2. The minimum Gasteiger partial charge on any atom is -0.369 e. The molecule has 0 aromatic heterocycles. The van der Waals surface area contributed by atoms with Crippen LogP contribution in [0.5, 0.6) is 0 Å². The molecule has 6 nitrogen and oxygen atoms in total. The number of hydrogen-bond acceptors (Lipinski definition) is 4. The van der Waals surface area contributed by atoms with E-state index < -0.39 is 15.8 Å². The first-order valence-corrected chi connectivity index (χ1v) is 9.68. The van der Waals surface area contributed by atoms with E-state index >= 15 is 0 Å². The van der Waals surface area contributed by atoms with Crippen LogP contribution in [0.4, 0.5) is 10.1 Å². The molecule has 0 spiro atoms. The van der Waals surface area contributed by atoms with Crippen LogP contribution in [0.2, 0.25) is 0 Å². The van der Waals surface area contributed by atoms with Crippen LogP contribution in [0, 0.1) is 5.82 Å². The highest BCUT2D eigenvalue weighted by Crippen LogP contribution is 2.22. The number of amides is 1. The van der Waals surface area contributed by atoms with Crippen LogP contribution in [-0.2, 0) is 10.0 Å². The summed E-state index contributed by atoms with van der Waals surface area (Å²) in [4.78, 5) is 13.6. The number of rotatable bonds is 4. The highest BCUT2D eigenvalue weighted by molar-refractivity contribution is 7.89. The maximum atomic E-state index is 13.3. The number of sulfonamides is 1. The number of anilines is 1. The zero-order valence-electron chi connectivity index (χ0n) is 14.4. The Labute approximate surface area is 152 Å². The number of halogens is 1. The van der Waals surface area contributed by atoms with Crippen LogP contribution >= 0.6 is 0 Å². The van der Waals surface area contributed by atoms with E-state index in [0.29, 0.717) is 31.7 Å². The predicted molar refractivity (Wildman–Crippen MR) is 97.2 cm³/mol. The standard InChI is InChI=1S/C18H20FN3O3S/c1-20-18(23)14-5-7-16(8-6-14)21-9-11-22(12-10-21)26(24,25)17-4-2-3-15(19)13-17/h2-8,13H,9-12H2,1H3,(H,20,23). The normalized spacial score (nSPS) is 15.7. The zero-order valence-corrected chi connectivity index (χ0v) is 15.2. The quantitative estimate of drug-likeness (QED) is 0.881. The van der Waals surface area contributed by atoms with Gasteiger partial charge in [0.05, 0.1) is 4.90 Å². The van der Waals surface area contributed by atoms with Gasteiger partial charge in [0.2, 0.25) is 10.0 Å². The lowest BCUT2D eigenvalue weighted by Crippen LogP contribution is -2.48. The molecule has 1 aliphatic heterocycles. The van der Waals surface area contributed by atoms with E-state index in [1.54, 1.807) is 19.2 Å². The Morgan fingerprint density at radius 1 is 1.04 bits per heavy atom. The maximum absolute atomic E-state index is 13.3. The third-order valence-electron chi connectivity index (χ3n) is 4.39. The fourth-order valence-electron chi connectivity index (χ4n) is 2.93. The van der Waals surface area contributed by atoms with Gasteiger partial charge in [-0.05, 0) is 42.5 Å². The van der Waals surface area contributed by atoms with Crippen LogP contribution in [-0.4, -0.2) is 51.9 Å². The van der Waals surface area contributed by atoms with Gasteiger partial charge in [0, 0.05) is 44.5 Å². The third kappa shape index (κ3) is 3.71. The summed E-state index contributed by atoms with van der Waals surface area (Å²) < 4.78 is 40.0. The van der Waals surface area contributed by atoms with Crippen molar-refractivity contribution in [2.45, 2.75) is 4.90 Å². The van der Waals surface area contributed by atoms with Crippen molar-refractivity contribution in [2.75, 3.05) is 38.1 Å². The van der Waals surface area contributed by atoms with Gasteiger partial charge in [0.25, 0.3) is 5.91 Å². The highest BCUT2D eigenvalue weighted by Gasteiger charge is 2.28. The highest BCUT2D eigenvalue weighted by atomic mass is 32.2. The van der Waals surface area contributed by atoms with Gasteiger partial charge in [0.1, 0.15) is 5.82 Å². The molecule has 2 aromatic rings. The molecule has 0 aliphatic carbocycles. The first kappa shape index (κ1) is 18.3. The number of carbonyl (C=O) groups is 1. The second-order valence-corrected chi connectivity index (χ2v) is 7.91. The Morgan fingerprint density at radius 3 is 2.27 bits per heavy atom. The molecule has 1 fully saturated rings. The number of benzene rings is 2. The monoisotopic (exact) mass is 377 g/mol. The SMILES string of the molecule is CNC(=O)c1ccc(N2CCN(S(=O)(=O)c3cccc(F)c3)CC2)cc1. The molecule has 0 bridgehead atoms. The molecule has 3 rings (SSSR count). The predicted octanol–water partition coefficient (Wildman–Crippen LogP) is 1.70. The van der Waals surface area contributed by atoms with E-state index in [0.717, 1.165) is 11.8 Å². The molecule has 0 atom stereocenters. The smallest absolute Gasteiger partial charge is 0.251 e. The molecule has 0 unspecified atom stereocenters. The van der Waals surface area contributed by atoms with Crippen molar-refractivity contribution in [1.82, 2.24) is 9.62 Å². The Hall–Kier alpha value is -2.45.